The van der Waals surface area contributed by atoms with E-state index in [1.54, 1.807) is 6.07 Å². The molecule has 136 valence electrons. The van der Waals surface area contributed by atoms with Crippen molar-refractivity contribution in [3.63, 3.8) is 0 Å². The summed E-state index contributed by atoms with van der Waals surface area (Å²) >= 11 is 5.18. The lowest BCUT2D eigenvalue weighted by Crippen LogP contribution is -2.19. The minimum Gasteiger partial charge on any atom is -0.494 e. The van der Waals surface area contributed by atoms with Crippen molar-refractivity contribution in [1.29, 1.82) is 0 Å². The Hall–Kier alpha value is -2.54. The lowest BCUT2D eigenvalue weighted by atomic mass is 9.97. The number of rotatable bonds is 5. The molecule has 0 saturated carbocycles. The Balaban J connectivity index is 1.87. The van der Waals surface area contributed by atoms with Gasteiger partial charge in [-0.3, -0.25) is 19.3 Å². The zero-order valence-electron chi connectivity index (χ0n) is 14.2. The molecule has 1 aliphatic rings. The number of halogens is 1. The van der Waals surface area contributed by atoms with Gasteiger partial charge in [-0.05, 0) is 62.5 Å². The second kappa shape index (κ2) is 8.23. The van der Waals surface area contributed by atoms with Gasteiger partial charge in [-0.15, -0.1) is 0 Å². The van der Waals surface area contributed by atoms with Gasteiger partial charge >= 0.3 is 0 Å². The third-order valence-electron chi connectivity index (χ3n) is 4.40. The van der Waals surface area contributed by atoms with Gasteiger partial charge in [0.05, 0.1) is 5.69 Å². The molecule has 0 radical (unpaired) electrons. The van der Waals surface area contributed by atoms with Crippen LogP contribution in [0.25, 0.3) is 0 Å². The molecule has 0 fully saturated rings. The smallest absolute Gasteiger partial charge is 0.264 e. The summed E-state index contributed by atoms with van der Waals surface area (Å²) in [5.41, 5.74) is 1.17. The predicted molar refractivity (Wildman–Crippen MR) is 102 cm³/mol. The molecule has 1 aliphatic carbocycles. The molecule has 0 aliphatic heterocycles. The number of aromatic hydroxyl groups is 1. The van der Waals surface area contributed by atoms with Crippen molar-refractivity contribution < 1.29 is 9.50 Å². The highest BCUT2D eigenvalue weighted by Crippen LogP contribution is 2.22. The van der Waals surface area contributed by atoms with Gasteiger partial charge in [0.1, 0.15) is 11.4 Å². The molecule has 2 aromatic rings. The summed E-state index contributed by atoms with van der Waals surface area (Å²) in [7, 11) is 0. The van der Waals surface area contributed by atoms with Gasteiger partial charge in [-0.1, -0.05) is 17.7 Å². The molecule has 3 rings (SSSR count). The zero-order chi connectivity index (χ0) is 18.5. The molecule has 0 amide bonds. The van der Waals surface area contributed by atoms with Crippen molar-refractivity contribution >= 4 is 24.1 Å². The van der Waals surface area contributed by atoms with E-state index in [4.69, 9.17) is 12.2 Å². The maximum Gasteiger partial charge on any atom is 0.264 e. The Labute approximate surface area is 155 Å². The summed E-state index contributed by atoms with van der Waals surface area (Å²) in [6, 6.07) is 5.68. The quantitative estimate of drug-likeness (QED) is 0.464. The molecule has 1 aromatic heterocycles. The molecule has 0 spiro atoms. The normalized spacial score (nSPS) is 14.6. The lowest BCUT2D eigenvalue weighted by molar-refractivity contribution is 0.402. The SMILES string of the molecule is O=c1[nH]c(=S)n(CCC2=CCCCC2)c(O)c1C=Nc1cccc(F)c1. The molecule has 7 heteroatoms. The van der Waals surface area contributed by atoms with E-state index in [1.165, 1.54) is 47.4 Å². The Bertz CT molecular complexity index is 975. The summed E-state index contributed by atoms with van der Waals surface area (Å²) < 4.78 is 14.9. The Morgan fingerprint density at radius 1 is 1.38 bits per heavy atom. The van der Waals surface area contributed by atoms with Crippen molar-refractivity contribution in [2.75, 3.05) is 0 Å². The van der Waals surface area contributed by atoms with Crippen LogP contribution in [0.4, 0.5) is 10.1 Å². The van der Waals surface area contributed by atoms with Gasteiger partial charge < -0.3 is 5.11 Å². The number of allylic oxidation sites excluding steroid dienone is 2. The first-order chi connectivity index (χ1) is 12.5. The van der Waals surface area contributed by atoms with Crippen LogP contribution in [0.1, 0.15) is 37.7 Å². The van der Waals surface area contributed by atoms with Crippen LogP contribution in [0, 0.1) is 10.6 Å². The van der Waals surface area contributed by atoms with E-state index < -0.39 is 11.4 Å². The largest absolute Gasteiger partial charge is 0.494 e. The molecular weight excluding hydrogens is 353 g/mol. The summed E-state index contributed by atoms with van der Waals surface area (Å²) in [6.07, 6.45) is 8.79. The zero-order valence-corrected chi connectivity index (χ0v) is 15.1. The molecule has 1 aromatic carbocycles. The Morgan fingerprint density at radius 3 is 2.96 bits per heavy atom. The highest BCUT2D eigenvalue weighted by molar-refractivity contribution is 7.71. The molecule has 2 N–H and O–H groups in total. The van der Waals surface area contributed by atoms with Crippen molar-refractivity contribution in [1.82, 2.24) is 9.55 Å². The topological polar surface area (TPSA) is 70.4 Å². The number of nitrogens with zero attached hydrogens (tertiary/aromatic N) is 2. The van der Waals surface area contributed by atoms with Crippen LogP contribution in [0.3, 0.4) is 0 Å². The number of aromatic amines is 1. The standard InChI is InChI=1S/C19H20FN3O2S/c20-14-7-4-8-15(11-14)21-12-16-17(24)22-19(26)23(18(16)25)10-9-13-5-2-1-3-6-13/h4-5,7-8,11-12,25H,1-3,6,9-10H2,(H,22,24,26). The fraction of sp³-hybridized carbons (Fsp3) is 0.316. The fourth-order valence-corrected chi connectivity index (χ4v) is 3.25. The lowest BCUT2D eigenvalue weighted by Gasteiger charge is -2.15. The number of hydrogen-bond acceptors (Lipinski definition) is 4. The fourth-order valence-electron chi connectivity index (χ4n) is 2.98. The summed E-state index contributed by atoms with van der Waals surface area (Å²) in [5, 5.41) is 10.5. The van der Waals surface area contributed by atoms with Crippen LogP contribution in [-0.4, -0.2) is 20.9 Å². The first-order valence-corrected chi connectivity index (χ1v) is 8.99. The van der Waals surface area contributed by atoms with E-state index in [1.807, 2.05) is 0 Å². The molecular formula is C19H20FN3O2S. The minimum atomic E-state index is -0.527. The highest BCUT2D eigenvalue weighted by atomic mass is 32.1. The van der Waals surface area contributed by atoms with Gasteiger partial charge in [0.2, 0.25) is 5.88 Å². The van der Waals surface area contributed by atoms with E-state index in [0.717, 1.165) is 19.3 Å². The van der Waals surface area contributed by atoms with Crippen LogP contribution >= 0.6 is 12.2 Å². The second-order valence-corrected chi connectivity index (χ2v) is 6.63. The number of nitrogens with one attached hydrogen (secondary N) is 1. The Morgan fingerprint density at radius 2 is 2.23 bits per heavy atom. The average Bonchev–Trinajstić information content (AvgIpc) is 2.62. The third kappa shape index (κ3) is 4.35. The van der Waals surface area contributed by atoms with Crippen LogP contribution in [0.5, 0.6) is 5.88 Å². The number of hydrogen-bond donors (Lipinski definition) is 2. The van der Waals surface area contributed by atoms with Crippen molar-refractivity contribution in [3.05, 3.63) is 62.4 Å². The van der Waals surface area contributed by atoms with Crippen molar-refractivity contribution in [2.45, 2.75) is 38.6 Å². The van der Waals surface area contributed by atoms with Crippen molar-refractivity contribution in [2.24, 2.45) is 4.99 Å². The maximum absolute atomic E-state index is 13.2. The molecule has 0 unspecified atom stereocenters. The minimum absolute atomic E-state index is 0.000449. The third-order valence-corrected chi connectivity index (χ3v) is 4.72. The van der Waals surface area contributed by atoms with Gasteiger partial charge in [-0.2, -0.15) is 0 Å². The number of aliphatic imine (C=N–C) groups is 1. The average molecular weight is 373 g/mol. The Kier molecular flexibility index (Phi) is 5.78. The van der Waals surface area contributed by atoms with E-state index >= 15 is 0 Å². The van der Waals surface area contributed by atoms with Gasteiger partial charge in [0, 0.05) is 12.8 Å². The first-order valence-electron chi connectivity index (χ1n) is 8.58. The van der Waals surface area contributed by atoms with Crippen LogP contribution in [0.15, 0.2) is 45.7 Å². The van der Waals surface area contributed by atoms with Gasteiger partial charge in [-0.25, -0.2) is 4.39 Å². The molecule has 0 atom stereocenters. The predicted octanol–water partition coefficient (Wildman–Crippen LogP) is 4.39. The molecule has 0 saturated heterocycles. The van der Waals surface area contributed by atoms with E-state index in [9.17, 15) is 14.3 Å². The van der Waals surface area contributed by atoms with Gasteiger partial charge in [0.15, 0.2) is 4.77 Å². The summed E-state index contributed by atoms with van der Waals surface area (Å²) in [5.74, 6) is -0.648. The highest BCUT2D eigenvalue weighted by Gasteiger charge is 2.12. The van der Waals surface area contributed by atoms with Crippen LogP contribution in [0.2, 0.25) is 0 Å². The molecule has 26 heavy (non-hydrogen) atoms. The van der Waals surface area contributed by atoms with Crippen LogP contribution in [-0.2, 0) is 6.54 Å². The number of aromatic nitrogens is 2. The number of H-pyrrole nitrogens is 1. The molecule has 1 heterocycles. The maximum atomic E-state index is 13.2. The first kappa shape index (κ1) is 18.3. The summed E-state index contributed by atoms with van der Waals surface area (Å²) in [4.78, 5) is 18.8. The van der Waals surface area contributed by atoms with E-state index in [0.29, 0.717) is 12.2 Å². The molecule has 5 nitrogen and oxygen atoms in total. The van der Waals surface area contributed by atoms with Crippen molar-refractivity contribution in [3.8, 4) is 5.88 Å². The number of benzene rings is 1. The monoisotopic (exact) mass is 373 g/mol. The summed E-state index contributed by atoms with van der Waals surface area (Å²) in [6.45, 7) is 0.480. The van der Waals surface area contributed by atoms with Crippen LogP contribution < -0.4 is 5.56 Å². The van der Waals surface area contributed by atoms with E-state index in [2.05, 4.69) is 16.1 Å². The molecule has 0 bridgehead atoms. The van der Waals surface area contributed by atoms with Gasteiger partial charge in [0.25, 0.3) is 5.56 Å². The van der Waals surface area contributed by atoms with E-state index in [-0.39, 0.29) is 16.2 Å². The second-order valence-electron chi connectivity index (χ2n) is 6.24.